The highest BCUT2D eigenvalue weighted by atomic mass is 16.5. The van der Waals surface area contributed by atoms with E-state index in [1.54, 1.807) is 7.11 Å². The molecule has 0 bridgehead atoms. The standard InChI is InChI=1S/C10H15NO3/c1-12-6-8-2-3-10(14-8)9-7-13-5-4-11-9/h2-3,9,11H,4-7H2,1H3. The Balaban J connectivity index is 2.00. The number of rotatable bonds is 3. The second-order valence-corrected chi connectivity index (χ2v) is 3.32. The minimum Gasteiger partial charge on any atom is -0.462 e. The molecule has 1 atom stereocenters. The van der Waals surface area contributed by atoms with Crippen LogP contribution in [0.5, 0.6) is 0 Å². The summed E-state index contributed by atoms with van der Waals surface area (Å²) in [6, 6.07) is 4.10. The summed E-state index contributed by atoms with van der Waals surface area (Å²) in [6.07, 6.45) is 0. The van der Waals surface area contributed by atoms with Crippen LogP contribution in [0.15, 0.2) is 16.5 Å². The van der Waals surface area contributed by atoms with Gasteiger partial charge in [-0.1, -0.05) is 0 Å². The van der Waals surface area contributed by atoms with Crippen molar-refractivity contribution in [3.8, 4) is 0 Å². The number of ether oxygens (including phenoxy) is 2. The average Bonchev–Trinajstić information content (AvgIpc) is 2.68. The molecule has 0 saturated carbocycles. The van der Waals surface area contributed by atoms with Gasteiger partial charge in [0.2, 0.25) is 0 Å². The van der Waals surface area contributed by atoms with E-state index in [1.165, 1.54) is 0 Å². The Labute approximate surface area is 83.2 Å². The maximum Gasteiger partial charge on any atom is 0.129 e. The van der Waals surface area contributed by atoms with Crippen LogP contribution in [0, 0.1) is 0 Å². The van der Waals surface area contributed by atoms with E-state index in [2.05, 4.69) is 5.32 Å². The molecule has 0 aliphatic carbocycles. The molecule has 0 aromatic carbocycles. The number of nitrogens with one attached hydrogen (secondary N) is 1. The predicted molar refractivity (Wildman–Crippen MR) is 51.0 cm³/mol. The maximum absolute atomic E-state index is 5.60. The fourth-order valence-electron chi connectivity index (χ4n) is 1.55. The topological polar surface area (TPSA) is 43.6 Å². The van der Waals surface area contributed by atoms with E-state index in [1.807, 2.05) is 12.1 Å². The van der Waals surface area contributed by atoms with Gasteiger partial charge in [0.15, 0.2) is 0 Å². The summed E-state index contributed by atoms with van der Waals surface area (Å²) >= 11 is 0. The lowest BCUT2D eigenvalue weighted by atomic mass is 10.2. The lowest BCUT2D eigenvalue weighted by Crippen LogP contribution is -2.34. The molecule has 4 nitrogen and oxygen atoms in total. The van der Waals surface area contributed by atoms with E-state index < -0.39 is 0 Å². The quantitative estimate of drug-likeness (QED) is 0.787. The first kappa shape index (κ1) is 9.71. The van der Waals surface area contributed by atoms with Crippen molar-refractivity contribution in [3.05, 3.63) is 23.7 Å². The molecular formula is C10H15NO3. The maximum atomic E-state index is 5.60. The van der Waals surface area contributed by atoms with E-state index in [0.717, 1.165) is 24.7 Å². The minimum atomic E-state index is 0.189. The first-order valence-electron chi connectivity index (χ1n) is 4.79. The number of hydrogen-bond donors (Lipinski definition) is 1. The molecule has 2 rings (SSSR count). The van der Waals surface area contributed by atoms with Crippen molar-refractivity contribution in [2.24, 2.45) is 0 Å². The van der Waals surface area contributed by atoms with Crippen molar-refractivity contribution in [1.82, 2.24) is 5.32 Å². The van der Waals surface area contributed by atoms with Crippen LogP contribution >= 0.6 is 0 Å². The van der Waals surface area contributed by atoms with E-state index >= 15 is 0 Å². The van der Waals surface area contributed by atoms with Gasteiger partial charge in [-0.15, -0.1) is 0 Å². The van der Waals surface area contributed by atoms with Crippen LogP contribution in [0.2, 0.25) is 0 Å². The van der Waals surface area contributed by atoms with Gasteiger partial charge in [-0.05, 0) is 12.1 Å². The summed E-state index contributed by atoms with van der Waals surface area (Å²) < 4.78 is 15.9. The molecule has 1 aliphatic rings. The first-order chi connectivity index (χ1) is 6.90. The third-order valence-electron chi connectivity index (χ3n) is 2.23. The molecule has 1 saturated heterocycles. The van der Waals surface area contributed by atoms with Crippen molar-refractivity contribution in [1.29, 1.82) is 0 Å². The summed E-state index contributed by atoms with van der Waals surface area (Å²) in [5, 5.41) is 3.33. The highest BCUT2D eigenvalue weighted by Gasteiger charge is 2.18. The monoisotopic (exact) mass is 197 g/mol. The first-order valence-corrected chi connectivity index (χ1v) is 4.79. The lowest BCUT2D eigenvalue weighted by molar-refractivity contribution is 0.0682. The molecule has 1 aliphatic heterocycles. The zero-order chi connectivity index (χ0) is 9.80. The molecule has 0 amide bonds. The molecule has 4 heteroatoms. The van der Waals surface area contributed by atoms with Crippen LogP contribution in [0.1, 0.15) is 17.6 Å². The van der Waals surface area contributed by atoms with Gasteiger partial charge in [-0.3, -0.25) is 0 Å². The van der Waals surface area contributed by atoms with Gasteiger partial charge in [-0.25, -0.2) is 0 Å². The Bertz CT molecular complexity index is 279. The Kier molecular flexibility index (Phi) is 3.18. The van der Waals surface area contributed by atoms with Gasteiger partial charge in [0, 0.05) is 13.7 Å². The molecule has 0 spiro atoms. The largest absolute Gasteiger partial charge is 0.462 e. The molecular weight excluding hydrogens is 182 g/mol. The third-order valence-corrected chi connectivity index (χ3v) is 2.23. The third kappa shape index (κ3) is 2.15. The average molecular weight is 197 g/mol. The Morgan fingerprint density at radius 1 is 1.57 bits per heavy atom. The van der Waals surface area contributed by atoms with Crippen LogP contribution < -0.4 is 5.32 Å². The SMILES string of the molecule is COCc1ccc(C2COCCN2)o1. The van der Waals surface area contributed by atoms with E-state index in [4.69, 9.17) is 13.9 Å². The number of methoxy groups -OCH3 is 1. The summed E-state index contributed by atoms with van der Waals surface area (Å²) in [5.41, 5.74) is 0. The van der Waals surface area contributed by atoms with E-state index in [9.17, 15) is 0 Å². The normalized spacial score (nSPS) is 22.5. The molecule has 1 unspecified atom stereocenters. The molecule has 14 heavy (non-hydrogen) atoms. The number of furan rings is 1. The minimum absolute atomic E-state index is 0.189. The van der Waals surface area contributed by atoms with Gasteiger partial charge in [0.1, 0.15) is 18.1 Å². The molecule has 78 valence electrons. The molecule has 0 radical (unpaired) electrons. The van der Waals surface area contributed by atoms with Crippen LogP contribution in [-0.4, -0.2) is 26.9 Å². The smallest absolute Gasteiger partial charge is 0.129 e. The molecule has 1 aromatic rings. The Hall–Kier alpha value is -0.840. The van der Waals surface area contributed by atoms with Gasteiger partial charge in [-0.2, -0.15) is 0 Å². The second kappa shape index (κ2) is 4.59. The van der Waals surface area contributed by atoms with Gasteiger partial charge >= 0.3 is 0 Å². The van der Waals surface area contributed by atoms with Crippen LogP contribution in [0.25, 0.3) is 0 Å². The lowest BCUT2D eigenvalue weighted by Gasteiger charge is -2.21. The highest BCUT2D eigenvalue weighted by Crippen LogP contribution is 2.18. The van der Waals surface area contributed by atoms with Crippen molar-refractivity contribution < 1.29 is 13.9 Å². The summed E-state index contributed by atoms with van der Waals surface area (Å²) in [7, 11) is 1.66. The van der Waals surface area contributed by atoms with Crippen molar-refractivity contribution in [2.45, 2.75) is 12.6 Å². The van der Waals surface area contributed by atoms with Crippen molar-refractivity contribution in [2.75, 3.05) is 26.9 Å². The zero-order valence-corrected chi connectivity index (χ0v) is 8.29. The zero-order valence-electron chi connectivity index (χ0n) is 8.29. The number of hydrogen-bond acceptors (Lipinski definition) is 4. The Morgan fingerprint density at radius 3 is 3.21 bits per heavy atom. The highest BCUT2D eigenvalue weighted by molar-refractivity contribution is 5.10. The van der Waals surface area contributed by atoms with Gasteiger partial charge in [0.25, 0.3) is 0 Å². The summed E-state index contributed by atoms with van der Waals surface area (Å²) in [5.74, 6) is 1.78. The Morgan fingerprint density at radius 2 is 2.50 bits per heavy atom. The van der Waals surface area contributed by atoms with Gasteiger partial charge in [0.05, 0.1) is 19.3 Å². The molecule has 1 fully saturated rings. The summed E-state index contributed by atoms with van der Waals surface area (Å²) in [4.78, 5) is 0. The number of morpholine rings is 1. The van der Waals surface area contributed by atoms with Crippen LogP contribution in [-0.2, 0) is 16.1 Å². The van der Waals surface area contributed by atoms with E-state index in [-0.39, 0.29) is 6.04 Å². The van der Waals surface area contributed by atoms with Crippen molar-refractivity contribution >= 4 is 0 Å². The fourth-order valence-corrected chi connectivity index (χ4v) is 1.55. The van der Waals surface area contributed by atoms with Crippen molar-refractivity contribution in [3.63, 3.8) is 0 Å². The second-order valence-electron chi connectivity index (χ2n) is 3.32. The molecule has 2 heterocycles. The molecule has 1 N–H and O–H groups in total. The molecule has 1 aromatic heterocycles. The van der Waals surface area contributed by atoms with Crippen LogP contribution in [0.3, 0.4) is 0 Å². The van der Waals surface area contributed by atoms with Gasteiger partial charge < -0.3 is 19.2 Å². The van der Waals surface area contributed by atoms with Crippen LogP contribution in [0.4, 0.5) is 0 Å². The summed E-state index contributed by atoms with van der Waals surface area (Å²) in [6.45, 7) is 2.86. The fraction of sp³-hybridized carbons (Fsp3) is 0.600. The van der Waals surface area contributed by atoms with E-state index in [0.29, 0.717) is 13.2 Å². The predicted octanol–water partition coefficient (Wildman–Crippen LogP) is 1.09.